The molecular weight excluding hydrogens is 252 g/mol. The first-order valence-electron chi connectivity index (χ1n) is 7.15. The van der Waals surface area contributed by atoms with E-state index in [0.717, 1.165) is 6.42 Å². The van der Waals surface area contributed by atoms with Crippen LogP contribution in [0.4, 0.5) is 0 Å². The Morgan fingerprint density at radius 1 is 1.25 bits per heavy atom. The minimum atomic E-state index is -0.275. The molecule has 1 heterocycles. The average Bonchev–Trinajstić information content (AvgIpc) is 2.63. The molecule has 4 nitrogen and oxygen atoms in total. The maximum atomic E-state index is 11.9. The van der Waals surface area contributed by atoms with Crippen LogP contribution >= 0.6 is 0 Å². The number of fused-ring (bicyclic) bond motifs is 1. The first-order chi connectivity index (χ1) is 9.47. The fourth-order valence-electron chi connectivity index (χ4n) is 3.36. The van der Waals surface area contributed by atoms with Gasteiger partial charge in [-0.3, -0.25) is 20.2 Å². The zero-order valence-electron chi connectivity index (χ0n) is 11.9. The Morgan fingerprint density at radius 3 is 2.75 bits per heavy atom. The number of piperidine rings is 1. The van der Waals surface area contributed by atoms with Gasteiger partial charge >= 0.3 is 0 Å². The van der Waals surface area contributed by atoms with Crippen LogP contribution in [0.2, 0.25) is 0 Å². The van der Waals surface area contributed by atoms with Crippen molar-refractivity contribution in [2.45, 2.75) is 45.2 Å². The smallest absolute Gasteiger partial charge is 0.243 e. The molecule has 20 heavy (non-hydrogen) atoms. The number of carbonyl (C=O) groups is 2. The van der Waals surface area contributed by atoms with Crippen LogP contribution < -0.4 is 10.6 Å². The number of hydrogen-bond donors (Lipinski definition) is 2. The highest BCUT2D eigenvalue weighted by Crippen LogP contribution is 2.45. The van der Waals surface area contributed by atoms with Crippen LogP contribution in [0.1, 0.15) is 43.9 Å². The van der Waals surface area contributed by atoms with Crippen molar-refractivity contribution in [2.75, 3.05) is 0 Å². The lowest BCUT2D eigenvalue weighted by Gasteiger charge is -2.33. The first-order valence-corrected chi connectivity index (χ1v) is 7.15. The van der Waals surface area contributed by atoms with Gasteiger partial charge in [0.05, 0.1) is 6.04 Å². The SMILES string of the molecule is CC1(C)Cc2ccccc2C1NC1CCC(=O)NC1=O. The molecule has 0 aromatic heterocycles. The van der Waals surface area contributed by atoms with Gasteiger partial charge in [-0.25, -0.2) is 0 Å². The molecule has 0 spiro atoms. The highest BCUT2D eigenvalue weighted by Gasteiger charge is 2.41. The first kappa shape index (κ1) is 13.3. The summed E-state index contributed by atoms with van der Waals surface area (Å²) in [6.07, 6.45) is 2.01. The summed E-state index contributed by atoms with van der Waals surface area (Å²) in [5.74, 6) is -0.361. The second-order valence-electron chi connectivity index (χ2n) is 6.47. The van der Waals surface area contributed by atoms with Crippen molar-refractivity contribution in [1.82, 2.24) is 10.6 Å². The summed E-state index contributed by atoms with van der Waals surface area (Å²) in [6.45, 7) is 4.44. The number of carbonyl (C=O) groups excluding carboxylic acids is 2. The largest absolute Gasteiger partial charge is 0.298 e. The molecule has 1 aromatic carbocycles. The molecule has 2 atom stereocenters. The summed E-state index contributed by atoms with van der Waals surface area (Å²) in [5, 5.41) is 5.88. The molecule has 0 saturated carbocycles. The monoisotopic (exact) mass is 272 g/mol. The van der Waals surface area contributed by atoms with Crippen LogP contribution in [0, 0.1) is 5.41 Å². The van der Waals surface area contributed by atoms with Crippen LogP contribution in [0.3, 0.4) is 0 Å². The van der Waals surface area contributed by atoms with Gasteiger partial charge in [0.1, 0.15) is 0 Å². The number of amides is 2. The minimum Gasteiger partial charge on any atom is -0.298 e. The second kappa shape index (κ2) is 4.70. The van der Waals surface area contributed by atoms with Crippen LogP contribution in [0.25, 0.3) is 0 Å². The van der Waals surface area contributed by atoms with Gasteiger partial charge in [-0.2, -0.15) is 0 Å². The molecule has 106 valence electrons. The summed E-state index contributed by atoms with van der Waals surface area (Å²) in [4.78, 5) is 23.1. The molecular formula is C16H20N2O2. The van der Waals surface area contributed by atoms with Crippen molar-refractivity contribution in [1.29, 1.82) is 0 Å². The third-order valence-electron chi connectivity index (χ3n) is 4.40. The number of hydrogen-bond acceptors (Lipinski definition) is 3. The van der Waals surface area contributed by atoms with E-state index in [0.29, 0.717) is 12.8 Å². The van der Waals surface area contributed by atoms with E-state index in [1.807, 2.05) is 6.07 Å². The summed E-state index contributed by atoms with van der Waals surface area (Å²) in [5.41, 5.74) is 2.70. The summed E-state index contributed by atoms with van der Waals surface area (Å²) < 4.78 is 0. The number of nitrogens with one attached hydrogen (secondary N) is 2. The van der Waals surface area contributed by atoms with Crippen molar-refractivity contribution in [3.05, 3.63) is 35.4 Å². The fourth-order valence-corrected chi connectivity index (χ4v) is 3.36. The van der Waals surface area contributed by atoms with Crippen LogP contribution in [0.5, 0.6) is 0 Å². The van der Waals surface area contributed by atoms with Gasteiger partial charge in [-0.15, -0.1) is 0 Å². The highest BCUT2D eigenvalue weighted by atomic mass is 16.2. The molecule has 1 aromatic rings. The molecule has 2 amide bonds. The lowest BCUT2D eigenvalue weighted by Crippen LogP contribution is -2.52. The van der Waals surface area contributed by atoms with E-state index in [-0.39, 0.29) is 29.3 Å². The zero-order valence-corrected chi connectivity index (χ0v) is 11.9. The van der Waals surface area contributed by atoms with Crippen LogP contribution in [-0.4, -0.2) is 17.9 Å². The Kier molecular flexibility index (Phi) is 3.13. The van der Waals surface area contributed by atoms with Gasteiger partial charge in [-0.1, -0.05) is 38.1 Å². The van der Waals surface area contributed by atoms with Crippen LogP contribution in [-0.2, 0) is 16.0 Å². The van der Waals surface area contributed by atoms with Crippen molar-refractivity contribution < 1.29 is 9.59 Å². The van der Waals surface area contributed by atoms with Gasteiger partial charge in [-0.05, 0) is 29.4 Å². The van der Waals surface area contributed by atoms with E-state index in [4.69, 9.17) is 0 Å². The number of benzene rings is 1. The molecule has 2 N–H and O–H groups in total. The van der Waals surface area contributed by atoms with Gasteiger partial charge in [0.15, 0.2) is 0 Å². The molecule has 0 bridgehead atoms. The lowest BCUT2D eigenvalue weighted by molar-refractivity contribution is -0.135. The van der Waals surface area contributed by atoms with Gasteiger partial charge in [0.2, 0.25) is 11.8 Å². The Hall–Kier alpha value is -1.68. The summed E-state index contributed by atoms with van der Waals surface area (Å²) >= 11 is 0. The Morgan fingerprint density at radius 2 is 2.00 bits per heavy atom. The van der Waals surface area contributed by atoms with Gasteiger partial charge < -0.3 is 0 Å². The quantitative estimate of drug-likeness (QED) is 0.806. The molecule has 1 fully saturated rings. The molecule has 4 heteroatoms. The molecule has 0 radical (unpaired) electrons. The van der Waals surface area contributed by atoms with Crippen LogP contribution in [0.15, 0.2) is 24.3 Å². The second-order valence-corrected chi connectivity index (χ2v) is 6.47. The minimum absolute atomic E-state index is 0.0748. The number of imide groups is 1. The maximum absolute atomic E-state index is 11.9. The maximum Gasteiger partial charge on any atom is 0.243 e. The molecule has 3 rings (SSSR count). The molecule has 1 saturated heterocycles. The fraction of sp³-hybridized carbons (Fsp3) is 0.500. The predicted molar refractivity (Wildman–Crippen MR) is 76.0 cm³/mol. The Labute approximate surface area is 118 Å². The van der Waals surface area contributed by atoms with Gasteiger partial charge in [0.25, 0.3) is 0 Å². The van der Waals surface area contributed by atoms with E-state index in [2.05, 4.69) is 42.7 Å². The predicted octanol–water partition coefficient (Wildman–Crippen LogP) is 1.70. The molecule has 2 unspecified atom stereocenters. The Balaban J connectivity index is 1.83. The molecule has 1 aliphatic carbocycles. The standard InChI is InChI=1S/C16H20N2O2/c1-16(2)9-10-5-3-4-6-11(10)14(16)17-12-7-8-13(19)18-15(12)20/h3-6,12,14,17H,7-9H2,1-2H3,(H,18,19,20). The number of rotatable bonds is 2. The van der Waals surface area contributed by atoms with Gasteiger partial charge in [0, 0.05) is 12.5 Å². The normalized spacial score (nSPS) is 28.1. The van der Waals surface area contributed by atoms with Crippen molar-refractivity contribution in [3.63, 3.8) is 0 Å². The molecule has 1 aliphatic heterocycles. The summed E-state index contributed by atoms with van der Waals surface area (Å²) in [6, 6.07) is 8.27. The lowest BCUT2D eigenvalue weighted by atomic mass is 9.84. The van der Waals surface area contributed by atoms with Crippen molar-refractivity contribution in [2.24, 2.45) is 5.41 Å². The zero-order chi connectivity index (χ0) is 14.3. The van der Waals surface area contributed by atoms with Crippen molar-refractivity contribution >= 4 is 11.8 Å². The van der Waals surface area contributed by atoms with E-state index in [1.54, 1.807) is 0 Å². The third kappa shape index (κ3) is 2.24. The van der Waals surface area contributed by atoms with E-state index in [1.165, 1.54) is 11.1 Å². The van der Waals surface area contributed by atoms with E-state index in [9.17, 15) is 9.59 Å². The average molecular weight is 272 g/mol. The van der Waals surface area contributed by atoms with E-state index >= 15 is 0 Å². The topological polar surface area (TPSA) is 58.2 Å². The molecule has 2 aliphatic rings. The summed E-state index contributed by atoms with van der Waals surface area (Å²) in [7, 11) is 0. The third-order valence-corrected chi connectivity index (χ3v) is 4.40. The highest BCUT2D eigenvalue weighted by molar-refractivity contribution is 6.00. The van der Waals surface area contributed by atoms with E-state index < -0.39 is 0 Å². The Bertz CT molecular complexity index is 565. The van der Waals surface area contributed by atoms with Crippen molar-refractivity contribution in [3.8, 4) is 0 Å².